The van der Waals surface area contributed by atoms with Crippen LogP contribution in [0.3, 0.4) is 0 Å². The van der Waals surface area contributed by atoms with E-state index in [0.29, 0.717) is 11.3 Å². The zero-order valence-corrected chi connectivity index (χ0v) is 25.1. The predicted molar refractivity (Wildman–Crippen MR) is 152 cm³/mol. The number of ether oxygens (including phenoxy) is 4. The molecule has 1 aromatic carbocycles. The lowest BCUT2D eigenvalue weighted by molar-refractivity contribution is -0.186. The van der Waals surface area contributed by atoms with E-state index in [1.807, 2.05) is 0 Å². The molecule has 5 heterocycles. The number of benzene rings is 1. The van der Waals surface area contributed by atoms with Crippen molar-refractivity contribution < 1.29 is 47.4 Å². The van der Waals surface area contributed by atoms with Gasteiger partial charge < -0.3 is 34.3 Å². The molecule has 2 aliphatic heterocycles. The molecule has 2 saturated heterocycles. The molecule has 2 fully saturated rings. The van der Waals surface area contributed by atoms with Gasteiger partial charge >= 0.3 is 6.01 Å². The molecule has 3 aromatic heterocycles. The number of aromatic nitrogens is 8. The topological polar surface area (TPSA) is 185 Å². The molecule has 0 saturated carbocycles. The van der Waals surface area contributed by atoms with Crippen molar-refractivity contribution in [3.8, 4) is 28.5 Å². The standard InChI is InChI=1S/C27H29F3N8O7S/c1-42-25-22(38-8-16(33-36-38)12-3-14(28)21(30)15(29)4-12)24(41)19(9-39)45-26(25)46-20-11-44-10-18(23(20)40)37-7-17(34-35-37)13-5-31-27(43-2)32-6-13/h3-8,18-20,22-26,39-41H,9-11H2,1-2H3/t18-,19+,20+,22-,23+,24-,25+,26-/m0/s1. The van der Waals surface area contributed by atoms with Crippen LogP contribution in [-0.2, 0) is 14.2 Å². The number of thioether (sulfide) groups is 1. The second-order valence-corrected chi connectivity index (χ2v) is 11.9. The highest BCUT2D eigenvalue weighted by atomic mass is 32.2. The van der Waals surface area contributed by atoms with Gasteiger partial charge in [-0.25, -0.2) is 32.5 Å². The molecule has 6 rings (SSSR count). The number of hydrogen-bond donors (Lipinski definition) is 3. The molecule has 2 aliphatic rings. The SMILES string of the molecule is COc1ncc(-c2cn([C@H]3COC[C@@H](S[C@@H]4O[C@H](CO)[C@H](O)[C@H](n5cc(-c6cc(F)c(F)c(F)c6)nn5)[C@H]4OC)[C@@H]3O)nn2)cn1. The number of rotatable bonds is 9. The lowest BCUT2D eigenvalue weighted by Gasteiger charge is -2.45. The number of aliphatic hydroxyl groups excluding tert-OH is 3. The van der Waals surface area contributed by atoms with E-state index in [1.54, 1.807) is 6.20 Å². The van der Waals surface area contributed by atoms with Gasteiger partial charge in [0.2, 0.25) is 0 Å². The number of methoxy groups -OCH3 is 2. The third kappa shape index (κ3) is 6.18. The van der Waals surface area contributed by atoms with Crippen LogP contribution in [0.15, 0.2) is 36.9 Å². The lowest BCUT2D eigenvalue weighted by atomic mass is 9.97. The summed E-state index contributed by atoms with van der Waals surface area (Å²) >= 11 is 1.17. The Balaban J connectivity index is 1.21. The normalized spacial score (nSPS) is 28.3. The minimum absolute atomic E-state index is 0.00319. The molecule has 0 radical (unpaired) electrons. The Morgan fingerprint density at radius 3 is 2.24 bits per heavy atom. The summed E-state index contributed by atoms with van der Waals surface area (Å²) in [6, 6.07) is 0.139. The maximum Gasteiger partial charge on any atom is 0.316 e. The second kappa shape index (κ2) is 13.6. The Labute approximate surface area is 263 Å². The first kappa shape index (κ1) is 32.2. The Morgan fingerprint density at radius 2 is 1.59 bits per heavy atom. The maximum atomic E-state index is 13.9. The largest absolute Gasteiger partial charge is 0.467 e. The summed E-state index contributed by atoms with van der Waals surface area (Å²) in [5.74, 6) is -4.41. The third-order valence-electron chi connectivity index (χ3n) is 7.80. The van der Waals surface area contributed by atoms with Crippen molar-refractivity contribution >= 4 is 11.8 Å². The molecule has 15 nitrogen and oxygen atoms in total. The zero-order chi connectivity index (χ0) is 32.5. The molecule has 0 spiro atoms. The molecule has 0 amide bonds. The van der Waals surface area contributed by atoms with Gasteiger partial charge in [0.05, 0.1) is 50.7 Å². The fourth-order valence-corrected chi connectivity index (χ4v) is 6.88. The Hall–Kier alpha value is -3.72. The smallest absolute Gasteiger partial charge is 0.316 e. The van der Waals surface area contributed by atoms with Crippen LogP contribution in [0, 0.1) is 17.5 Å². The fraction of sp³-hybridized carbons (Fsp3) is 0.481. The summed E-state index contributed by atoms with van der Waals surface area (Å²) < 4.78 is 66.6. The van der Waals surface area contributed by atoms with E-state index in [9.17, 15) is 28.5 Å². The summed E-state index contributed by atoms with van der Waals surface area (Å²) in [6.07, 6.45) is 1.67. The van der Waals surface area contributed by atoms with Gasteiger partial charge in [0.15, 0.2) is 17.5 Å². The molecule has 19 heteroatoms. The van der Waals surface area contributed by atoms with Gasteiger partial charge in [-0.15, -0.1) is 22.0 Å². The van der Waals surface area contributed by atoms with E-state index in [-0.39, 0.29) is 30.5 Å². The number of halogens is 3. The highest BCUT2D eigenvalue weighted by Gasteiger charge is 2.49. The predicted octanol–water partition coefficient (Wildman–Crippen LogP) is 0.788. The van der Waals surface area contributed by atoms with Gasteiger partial charge in [-0.05, 0) is 12.1 Å². The van der Waals surface area contributed by atoms with Gasteiger partial charge in [-0.2, -0.15) is 0 Å². The van der Waals surface area contributed by atoms with Crippen molar-refractivity contribution in [3.63, 3.8) is 0 Å². The quantitative estimate of drug-likeness (QED) is 0.213. The maximum absolute atomic E-state index is 13.9. The first-order chi connectivity index (χ1) is 22.2. The van der Waals surface area contributed by atoms with Gasteiger partial charge in [0.1, 0.15) is 47.2 Å². The van der Waals surface area contributed by atoms with E-state index in [1.165, 1.54) is 53.9 Å². The van der Waals surface area contributed by atoms with Crippen LogP contribution >= 0.6 is 11.8 Å². The van der Waals surface area contributed by atoms with Crippen LogP contribution in [0.2, 0.25) is 0 Å². The third-order valence-corrected chi connectivity index (χ3v) is 9.22. The van der Waals surface area contributed by atoms with E-state index in [2.05, 4.69) is 30.6 Å². The molecule has 46 heavy (non-hydrogen) atoms. The summed E-state index contributed by atoms with van der Waals surface area (Å²) in [5.41, 5.74) is 0.123. The number of nitrogens with zero attached hydrogens (tertiary/aromatic N) is 8. The summed E-state index contributed by atoms with van der Waals surface area (Å²) in [7, 11) is 2.84. The second-order valence-electron chi connectivity index (χ2n) is 10.6. The Kier molecular flexibility index (Phi) is 9.50. The van der Waals surface area contributed by atoms with Gasteiger partial charge in [-0.1, -0.05) is 10.4 Å². The minimum atomic E-state index is -1.62. The van der Waals surface area contributed by atoms with Gasteiger partial charge in [-0.3, -0.25) is 0 Å². The van der Waals surface area contributed by atoms with Crippen molar-refractivity contribution in [2.24, 2.45) is 0 Å². The fourth-order valence-electron chi connectivity index (χ4n) is 5.38. The van der Waals surface area contributed by atoms with Crippen LogP contribution in [0.5, 0.6) is 6.01 Å². The Bertz CT molecular complexity index is 1630. The molecule has 246 valence electrons. The van der Waals surface area contributed by atoms with E-state index in [0.717, 1.165) is 12.1 Å². The molecule has 0 unspecified atom stereocenters. The molecular weight excluding hydrogens is 637 g/mol. The van der Waals surface area contributed by atoms with Crippen molar-refractivity contribution in [3.05, 3.63) is 54.4 Å². The van der Waals surface area contributed by atoms with Crippen molar-refractivity contribution in [1.29, 1.82) is 0 Å². The average Bonchev–Trinajstić information content (AvgIpc) is 3.76. The van der Waals surface area contributed by atoms with Crippen molar-refractivity contribution in [1.82, 2.24) is 40.0 Å². The van der Waals surface area contributed by atoms with Crippen LogP contribution in [0.1, 0.15) is 12.1 Å². The minimum Gasteiger partial charge on any atom is -0.467 e. The highest BCUT2D eigenvalue weighted by molar-refractivity contribution is 8.00. The molecular formula is C27H29F3N8O7S. The van der Waals surface area contributed by atoms with E-state index in [4.69, 9.17) is 18.9 Å². The molecule has 8 atom stereocenters. The summed E-state index contributed by atoms with van der Waals surface area (Å²) in [6.45, 7) is -0.283. The molecule has 0 aliphatic carbocycles. The summed E-state index contributed by atoms with van der Waals surface area (Å²) in [5, 5.41) is 48.4. The molecule has 4 aromatic rings. The first-order valence-corrected chi connectivity index (χ1v) is 14.9. The van der Waals surface area contributed by atoms with Crippen LogP contribution < -0.4 is 4.74 Å². The number of aliphatic hydroxyl groups is 3. The average molecular weight is 667 g/mol. The van der Waals surface area contributed by atoms with Crippen LogP contribution in [-0.4, -0.2) is 124 Å². The van der Waals surface area contributed by atoms with E-state index < -0.39 is 71.2 Å². The van der Waals surface area contributed by atoms with Gasteiger partial charge in [0.25, 0.3) is 0 Å². The molecule has 3 N–H and O–H groups in total. The van der Waals surface area contributed by atoms with E-state index >= 15 is 0 Å². The van der Waals surface area contributed by atoms with Crippen LogP contribution in [0.4, 0.5) is 13.2 Å². The highest BCUT2D eigenvalue weighted by Crippen LogP contribution is 2.41. The number of hydrogen-bond acceptors (Lipinski definition) is 14. The van der Waals surface area contributed by atoms with Crippen molar-refractivity contribution in [2.75, 3.05) is 34.0 Å². The summed E-state index contributed by atoms with van der Waals surface area (Å²) in [4.78, 5) is 8.15. The lowest BCUT2D eigenvalue weighted by Crippen LogP contribution is -2.56. The van der Waals surface area contributed by atoms with Crippen LogP contribution in [0.25, 0.3) is 22.5 Å². The van der Waals surface area contributed by atoms with Crippen molar-refractivity contribution in [2.45, 2.75) is 47.2 Å². The molecule has 0 bridgehead atoms. The Morgan fingerprint density at radius 1 is 0.935 bits per heavy atom. The van der Waals surface area contributed by atoms with Gasteiger partial charge in [0, 0.05) is 30.6 Å². The monoisotopic (exact) mass is 666 g/mol. The first-order valence-electron chi connectivity index (χ1n) is 14.0. The zero-order valence-electron chi connectivity index (χ0n) is 24.3.